The Balaban J connectivity index is 1.58. The van der Waals surface area contributed by atoms with Gasteiger partial charge in [-0.15, -0.1) is 0 Å². The lowest BCUT2D eigenvalue weighted by molar-refractivity contribution is -0.155. The topological polar surface area (TPSA) is 94.6 Å². The maximum atomic E-state index is 12.5. The lowest BCUT2D eigenvalue weighted by atomic mass is 10.2. The number of imide groups is 1. The van der Waals surface area contributed by atoms with Crippen LogP contribution in [0.5, 0.6) is 0 Å². The summed E-state index contributed by atoms with van der Waals surface area (Å²) in [6.07, 6.45) is 1.57. The van der Waals surface area contributed by atoms with Crippen LogP contribution in [0.15, 0.2) is 56.0 Å². The van der Waals surface area contributed by atoms with Crippen LogP contribution < -0.4 is 0 Å². The molecule has 1 aromatic carbocycles. The Bertz CT molecular complexity index is 1300. The number of para-hydroxylation sites is 2. The Morgan fingerprint density at radius 2 is 1.94 bits per heavy atom. The molecule has 1 saturated heterocycles. The van der Waals surface area contributed by atoms with E-state index in [9.17, 15) is 14.4 Å². The zero-order chi connectivity index (χ0) is 24.6. The molecule has 1 aliphatic rings. The highest BCUT2D eigenvalue weighted by Gasteiger charge is 2.36. The minimum atomic E-state index is -0.591. The molecular formula is C24H25N3O5S2. The third kappa shape index (κ3) is 5.23. The van der Waals surface area contributed by atoms with E-state index in [1.54, 1.807) is 36.6 Å². The Labute approximate surface area is 205 Å². The smallest absolute Gasteiger partial charge is 0.326 e. The molecule has 0 spiro atoms. The fraction of sp³-hybridized carbons (Fsp3) is 0.333. The van der Waals surface area contributed by atoms with E-state index in [-0.39, 0.29) is 29.7 Å². The number of furan rings is 1. The number of carbonyl (C=O) groups excluding carboxylic acids is 3. The number of benzene rings is 1. The van der Waals surface area contributed by atoms with E-state index in [4.69, 9.17) is 9.15 Å². The third-order valence-electron chi connectivity index (χ3n) is 4.73. The molecule has 34 heavy (non-hydrogen) atoms. The molecule has 0 radical (unpaired) electrons. The summed E-state index contributed by atoms with van der Waals surface area (Å²) in [4.78, 5) is 43.4. The maximum absolute atomic E-state index is 12.5. The number of imidazole rings is 1. The predicted octanol–water partition coefficient (Wildman–Crippen LogP) is 5.57. The van der Waals surface area contributed by atoms with Crippen molar-refractivity contribution in [1.82, 2.24) is 14.5 Å². The summed E-state index contributed by atoms with van der Waals surface area (Å²) < 4.78 is 13.2. The van der Waals surface area contributed by atoms with Crippen molar-refractivity contribution >= 4 is 57.7 Å². The van der Waals surface area contributed by atoms with Crippen LogP contribution in [-0.4, -0.2) is 43.2 Å². The monoisotopic (exact) mass is 499 g/mol. The van der Waals surface area contributed by atoms with E-state index < -0.39 is 5.60 Å². The van der Waals surface area contributed by atoms with Gasteiger partial charge in [0.25, 0.3) is 11.1 Å². The van der Waals surface area contributed by atoms with E-state index in [0.717, 1.165) is 22.8 Å². The SMILES string of the molecule is CC(C)N1C(=O)S/C(=C\c2ccc(Sc3nc4ccccc4n3CC(=O)OC(C)(C)C)o2)C1=O. The lowest BCUT2D eigenvalue weighted by Crippen LogP contribution is -2.34. The van der Waals surface area contributed by atoms with Crippen LogP contribution in [0.3, 0.4) is 0 Å². The second kappa shape index (κ2) is 9.34. The molecule has 10 heteroatoms. The largest absolute Gasteiger partial charge is 0.459 e. The second-order valence-electron chi connectivity index (χ2n) is 8.96. The molecule has 178 valence electrons. The molecular weight excluding hydrogens is 474 g/mol. The summed E-state index contributed by atoms with van der Waals surface area (Å²) in [5.41, 5.74) is 0.972. The quantitative estimate of drug-likeness (QED) is 0.321. The van der Waals surface area contributed by atoms with Gasteiger partial charge in [-0.1, -0.05) is 12.1 Å². The molecule has 8 nitrogen and oxygen atoms in total. The Kier molecular flexibility index (Phi) is 6.64. The molecule has 4 rings (SSSR count). The van der Waals surface area contributed by atoms with Crippen molar-refractivity contribution in [3.8, 4) is 0 Å². The number of rotatable bonds is 6. The fourth-order valence-corrected chi connectivity index (χ4v) is 5.21. The highest BCUT2D eigenvalue weighted by molar-refractivity contribution is 8.18. The van der Waals surface area contributed by atoms with Gasteiger partial charge < -0.3 is 13.7 Å². The zero-order valence-electron chi connectivity index (χ0n) is 19.5. The Hall–Kier alpha value is -2.98. The van der Waals surface area contributed by atoms with Crippen molar-refractivity contribution in [3.05, 3.63) is 47.1 Å². The normalized spacial score (nSPS) is 15.8. The first-order chi connectivity index (χ1) is 16.0. The summed E-state index contributed by atoms with van der Waals surface area (Å²) in [6, 6.07) is 10.8. The summed E-state index contributed by atoms with van der Waals surface area (Å²) in [6.45, 7) is 9.08. The van der Waals surface area contributed by atoms with Crippen LogP contribution in [0.1, 0.15) is 40.4 Å². The van der Waals surface area contributed by atoms with Gasteiger partial charge >= 0.3 is 5.97 Å². The van der Waals surface area contributed by atoms with Crippen molar-refractivity contribution < 1.29 is 23.5 Å². The highest BCUT2D eigenvalue weighted by Crippen LogP contribution is 2.36. The molecule has 2 aromatic heterocycles. The van der Waals surface area contributed by atoms with Crippen LogP contribution in [0, 0.1) is 0 Å². The van der Waals surface area contributed by atoms with Gasteiger partial charge in [0.1, 0.15) is 17.9 Å². The van der Waals surface area contributed by atoms with Gasteiger partial charge in [-0.05, 0) is 82.4 Å². The predicted molar refractivity (Wildman–Crippen MR) is 131 cm³/mol. The minimum Gasteiger partial charge on any atom is -0.459 e. The number of carbonyl (C=O) groups is 3. The number of esters is 1. The summed E-state index contributed by atoms with van der Waals surface area (Å²) >= 11 is 2.16. The first kappa shape index (κ1) is 24.2. The van der Waals surface area contributed by atoms with Crippen LogP contribution in [0.2, 0.25) is 0 Å². The number of amides is 2. The van der Waals surface area contributed by atoms with E-state index >= 15 is 0 Å². The van der Waals surface area contributed by atoms with E-state index in [0.29, 0.717) is 20.9 Å². The molecule has 0 aliphatic carbocycles. The standard InChI is InChI=1S/C24H25N3O5S2/c1-14(2)27-21(29)18(33-23(27)30)12-15-10-11-20(31-15)34-22-25-16-8-6-7-9-17(16)26(22)13-19(28)32-24(3,4)5/h6-12,14H,13H2,1-5H3/b18-12-. The zero-order valence-corrected chi connectivity index (χ0v) is 21.2. The average Bonchev–Trinajstić information content (AvgIpc) is 3.38. The highest BCUT2D eigenvalue weighted by atomic mass is 32.2. The lowest BCUT2D eigenvalue weighted by Gasteiger charge is -2.20. The van der Waals surface area contributed by atoms with Crippen LogP contribution in [0.25, 0.3) is 17.1 Å². The number of thioether (sulfide) groups is 1. The van der Waals surface area contributed by atoms with Crippen molar-refractivity contribution in [2.24, 2.45) is 0 Å². The maximum Gasteiger partial charge on any atom is 0.326 e. The van der Waals surface area contributed by atoms with Crippen LogP contribution in [-0.2, 0) is 20.9 Å². The van der Waals surface area contributed by atoms with Gasteiger partial charge in [-0.3, -0.25) is 19.3 Å². The van der Waals surface area contributed by atoms with E-state index in [1.165, 1.54) is 16.7 Å². The van der Waals surface area contributed by atoms with Crippen LogP contribution >= 0.6 is 23.5 Å². The van der Waals surface area contributed by atoms with Crippen molar-refractivity contribution in [3.63, 3.8) is 0 Å². The first-order valence-electron chi connectivity index (χ1n) is 10.7. The summed E-state index contributed by atoms with van der Waals surface area (Å²) in [5.74, 6) is -0.236. The van der Waals surface area contributed by atoms with Gasteiger partial charge in [0.2, 0.25) is 0 Å². The summed E-state index contributed by atoms with van der Waals surface area (Å²) in [7, 11) is 0. The third-order valence-corrected chi connectivity index (χ3v) is 6.53. The summed E-state index contributed by atoms with van der Waals surface area (Å²) in [5, 5.41) is 0.825. The second-order valence-corrected chi connectivity index (χ2v) is 10.9. The van der Waals surface area contributed by atoms with Crippen molar-refractivity contribution in [2.75, 3.05) is 0 Å². The van der Waals surface area contributed by atoms with Gasteiger partial charge in [0, 0.05) is 12.1 Å². The molecule has 1 aliphatic heterocycles. The molecule has 3 heterocycles. The Morgan fingerprint density at radius 3 is 2.62 bits per heavy atom. The molecule has 0 atom stereocenters. The van der Waals surface area contributed by atoms with E-state index in [1.807, 2.05) is 45.0 Å². The molecule has 0 bridgehead atoms. The van der Waals surface area contributed by atoms with E-state index in [2.05, 4.69) is 4.98 Å². The molecule has 2 amide bonds. The minimum absolute atomic E-state index is 0.00994. The van der Waals surface area contributed by atoms with Gasteiger partial charge in [-0.2, -0.15) is 0 Å². The van der Waals surface area contributed by atoms with Crippen LogP contribution in [0.4, 0.5) is 4.79 Å². The molecule has 0 saturated carbocycles. The average molecular weight is 500 g/mol. The molecule has 3 aromatic rings. The molecule has 1 fully saturated rings. The van der Waals surface area contributed by atoms with Gasteiger partial charge in [0.15, 0.2) is 10.2 Å². The van der Waals surface area contributed by atoms with Gasteiger partial charge in [-0.25, -0.2) is 4.98 Å². The fourth-order valence-electron chi connectivity index (χ4n) is 3.40. The van der Waals surface area contributed by atoms with Crippen molar-refractivity contribution in [2.45, 2.75) is 63.1 Å². The van der Waals surface area contributed by atoms with Gasteiger partial charge in [0.05, 0.1) is 15.9 Å². The number of hydrogen-bond acceptors (Lipinski definition) is 8. The number of nitrogens with zero attached hydrogens (tertiary/aromatic N) is 3. The van der Waals surface area contributed by atoms with Crippen molar-refractivity contribution in [1.29, 1.82) is 0 Å². The number of hydrogen-bond donors (Lipinski definition) is 0. The number of fused-ring (bicyclic) bond motifs is 1. The molecule has 0 unspecified atom stereocenters. The molecule has 0 N–H and O–H groups in total. The Morgan fingerprint density at radius 1 is 1.21 bits per heavy atom. The number of aromatic nitrogens is 2. The first-order valence-corrected chi connectivity index (χ1v) is 12.4. The number of ether oxygens (including phenoxy) is 1.